The third-order valence-corrected chi connectivity index (χ3v) is 5.65. The lowest BCUT2D eigenvalue weighted by atomic mass is 10.2. The van der Waals surface area contributed by atoms with Crippen LogP contribution in [0, 0.1) is 0 Å². The molecular formula is C19H27N3O4S. The highest BCUT2D eigenvalue weighted by Crippen LogP contribution is 2.24. The lowest BCUT2D eigenvalue weighted by molar-refractivity contribution is -0.132. The molecule has 8 heteroatoms. The van der Waals surface area contributed by atoms with Crippen LogP contribution in [0.4, 0.5) is 0 Å². The SMILES string of the molecule is O=C(CSCC(=O)N1CCOCC1)NCc1cccnc1OC1CCCC1. The number of amides is 2. The lowest BCUT2D eigenvalue weighted by Crippen LogP contribution is -2.41. The number of hydrogen-bond donors (Lipinski definition) is 1. The molecule has 0 atom stereocenters. The summed E-state index contributed by atoms with van der Waals surface area (Å²) in [5.41, 5.74) is 0.882. The molecule has 2 heterocycles. The van der Waals surface area contributed by atoms with Gasteiger partial charge < -0.3 is 19.7 Å². The van der Waals surface area contributed by atoms with Gasteiger partial charge in [-0.1, -0.05) is 6.07 Å². The van der Waals surface area contributed by atoms with Gasteiger partial charge in [0.15, 0.2) is 0 Å². The highest BCUT2D eigenvalue weighted by molar-refractivity contribution is 8.00. The number of thioether (sulfide) groups is 1. The van der Waals surface area contributed by atoms with E-state index in [0.29, 0.717) is 44.5 Å². The van der Waals surface area contributed by atoms with Gasteiger partial charge in [0, 0.05) is 31.4 Å². The van der Waals surface area contributed by atoms with Crippen LogP contribution in [0.1, 0.15) is 31.2 Å². The summed E-state index contributed by atoms with van der Waals surface area (Å²) in [5, 5.41) is 2.89. The lowest BCUT2D eigenvalue weighted by Gasteiger charge is -2.26. The Bertz CT molecular complexity index is 631. The van der Waals surface area contributed by atoms with E-state index in [1.165, 1.54) is 24.6 Å². The maximum absolute atomic E-state index is 12.1. The van der Waals surface area contributed by atoms with Crippen LogP contribution in [0.3, 0.4) is 0 Å². The van der Waals surface area contributed by atoms with E-state index in [9.17, 15) is 9.59 Å². The fraction of sp³-hybridized carbons (Fsp3) is 0.632. The van der Waals surface area contributed by atoms with E-state index in [1.807, 2.05) is 12.1 Å². The molecule has 0 unspecified atom stereocenters. The van der Waals surface area contributed by atoms with Crippen molar-refractivity contribution in [3.8, 4) is 5.88 Å². The van der Waals surface area contributed by atoms with Crippen molar-refractivity contribution >= 4 is 23.6 Å². The van der Waals surface area contributed by atoms with Gasteiger partial charge in [0.25, 0.3) is 0 Å². The molecule has 1 aliphatic carbocycles. The van der Waals surface area contributed by atoms with Crippen LogP contribution in [0.25, 0.3) is 0 Å². The molecule has 0 radical (unpaired) electrons. The monoisotopic (exact) mass is 393 g/mol. The minimum absolute atomic E-state index is 0.0654. The first kappa shape index (κ1) is 19.9. The predicted molar refractivity (Wildman–Crippen MR) is 104 cm³/mol. The van der Waals surface area contributed by atoms with Crippen LogP contribution >= 0.6 is 11.8 Å². The molecule has 0 bridgehead atoms. The molecule has 1 saturated heterocycles. The van der Waals surface area contributed by atoms with Gasteiger partial charge in [0.2, 0.25) is 17.7 Å². The maximum Gasteiger partial charge on any atom is 0.232 e. The molecule has 1 aliphatic heterocycles. The predicted octanol–water partition coefficient (Wildman–Crippen LogP) is 1.61. The van der Waals surface area contributed by atoms with Gasteiger partial charge in [-0.15, -0.1) is 11.8 Å². The van der Waals surface area contributed by atoms with E-state index in [1.54, 1.807) is 11.1 Å². The van der Waals surface area contributed by atoms with Crippen molar-refractivity contribution in [2.45, 2.75) is 38.3 Å². The fourth-order valence-electron chi connectivity index (χ4n) is 3.21. The van der Waals surface area contributed by atoms with Crippen LogP contribution in [0.2, 0.25) is 0 Å². The minimum Gasteiger partial charge on any atom is -0.474 e. The molecule has 2 amide bonds. The second-order valence-corrected chi connectivity index (χ2v) is 7.74. The molecule has 1 aromatic heterocycles. The molecule has 3 rings (SSSR count). The van der Waals surface area contributed by atoms with Gasteiger partial charge >= 0.3 is 0 Å². The van der Waals surface area contributed by atoms with Gasteiger partial charge in [-0.05, 0) is 31.7 Å². The maximum atomic E-state index is 12.1. The first-order chi connectivity index (χ1) is 13.2. The van der Waals surface area contributed by atoms with Crippen LogP contribution in [0.5, 0.6) is 5.88 Å². The van der Waals surface area contributed by atoms with Crippen LogP contribution in [-0.2, 0) is 20.9 Å². The van der Waals surface area contributed by atoms with E-state index < -0.39 is 0 Å². The van der Waals surface area contributed by atoms with Crippen molar-refractivity contribution in [3.05, 3.63) is 23.9 Å². The number of rotatable bonds is 8. The Balaban J connectivity index is 1.38. The van der Waals surface area contributed by atoms with Gasteiger partial charge in [0.1, 0.15) is 6.10 Å². The Kier molecular flexibility index (Phi) is 7.77. The van der Waals surface area contributed by atoms with Gasteiger partial charge in [-0.2, -0.15) is 0 Å². The number of aromatic nitrogens is 1. The number of nitrogens with zero attached hydrogens (tertiary/aromatic N) is 2. The number of ether oxygens (including phenoxy) is 2. The van der Waals surface area contributed by atoms with Crippen molar-refractivity contribution in [3.63, 3.8) is 0 Å². The topological polar surface area (TPSA) is 80.8 Å². The molecule has 7 nitrogen and oxygen atoms in total. The second-order valence-electron chi connectivity index (χ2n) is 6.75. The summed E-state index contributed by atoms with van der Waals surface area (Å²) in [6, 6.07) is 3.77. The fourth-order valence-corrected chi connectivity index (χ4v) is 3.96. The van der Waals surface area contributed by atoms with Crippen molar-refractivity contribution in [1.82, 2.24) is 15.2 Å². The first-order valence-corrected chi connectivity index (χ1v) is 10.7. The first-order valence-electron chi connectivity index (χ1n) is 9.53. The van der Waals surface area contributed by atoms with Gasteiger partial charge in [-0.3, -0.25) is 9.59 Å². The smallest absolute Gasteiger partial charge is 0.232 e. The quantitative estimate of drug-likeness (QED) is 0.723. The normalized spacial score (nSPS) is 17.7. The molecule has 1 saturated carbocycles. The van der Waals surface area contributed by atoms with Crippen molar-refractivity contribution in [2.75, 3.05) is 37.8 Å². The molecule has 2 fully saturated rings. The largest absolute Gasteiger partial charge is 0.474 e. The number of morpholine rings is 1. The third-order valence-electron chi connectivity index (χ3n) is 4.73. The Labute approximate surface area is 164 Å². The Morgan fingerprint density at radius 2 is 2.04 bits per heavy atom. The number of nitrogens with one attached hydrogen (secondary N) is 1. The zero-order valence-electron chi connectivity index (χ0n) is 15.5. The standard InChI is InChI=1S/C19H27N3O4S/c23-17(13-27-14-18(24)22-8-10-25-11-9-22)21-12-15-4-3-7-20-19(15)26-16-5-1-2-6-16/h3-4,7,16H,1-2,5-6,8-14H2,(H,21,23). The van der Waals surface area contributed by atoms with E-state index in [0.717, 1.165) is 18.4 Å². The summed E-state index contributed by atoms with van der Waals surface area (Å²) in [7, 11) is 0. The molecule has 1 aromatic rings. The van der Waals surface area contributed by atoms with Crippen LogP contribution in [0.15, 0.2) is 18.3 Å². The van der Waals surface area contributed by atoms with Crippen LogP contribution < -0.4 is 10.1 Å². The second kappa shape index (κ2) is 10.5. The summed E-state index contributed by atoms with van der Waals surface area (Å²) in [5.74, 6) is 1.16. The molecule has 2 aliphatic rings. The van der Waals surface area contributed by atoms with E-state index in [-0.39, 0.29) is 23.7 Å². The van der Waals surface area contributed by atoms with Crippen LogP contribution in [-0.4, -0.2) is 65.6 Å². The molecule has 1 N–H and O–H groups in total. The number of hydrogen-bond acceptors (Lipinski definition) is 6. The molecular weight excluding hydrogens is 366 g/mol. The van der Waals surface area contributed by atoms with Crippen molar-refractivity contribution < 1.29 is 19.1 Å². The van der Waals surface area contributed by atoms with E-state index in [2.05, 4.69) is 10.3 Å². The Morgan fingerprint density at radius 3 is 2.81 bits per heavy atom. The average molecular weight is 394 g/mol. The highest BCUT2D eigenvalue weighted by Gasteiger charge is 2.19. The summed E-state index contributed by atoms with van der Waals surface area (Å²) in [6.45, 7) is 2.83. The molecule has 0 spiro atoms. The highest BCUT2D eigenvalue weighted by atomic mass is 32.2. The zero-order valence-corrected chi connectivity index (χ0v) is 16.3. The van der Waals surface area contributed by atoms with Gasteiger partial charge in [-0.25, -0.2) is 4.98 Å². The molecule has 27 heavy (non-hydrogen) atoms. The number of pyridine rings is 1. The average Bonchev–Trinajstić information content (AvgIpc) is 3.21. The van der Waals surface area contributed by atoms with E-state index in [4.69, 9.17) is 9.47 Å². The summed E-state index contributed by atoms with van der Waals surface area (Å²) in [4.78, 5) is 30.3. The Morgan fingerprint density at radius 1 is 1.26 bits per heavy atom. The van der Waals surface area contributed by atoms with Crippen molar-refractivity contribution in [2.24, 2.45) is 0 Å². The summed E-state index contributed by atoms with van der Waals surface area (Å²) in [6.07, 6.45) is 6.47. The van der Waals surface area contributed by atoms with Crippen molar-refractivity contribution in [1.29, 1.82) is 0 Å². The minimum atomic E-state index is -0.0922. The van der Waals surface area contributed by atoms with E-state index >= 15 is 0 Å². The van der Waals surface area contributed by atoms with Gasteiger partial charge in [0.05, 0.1) is 24.7 Å². The number of carbonyl (C=O) groups is 2. The summed E-state index contributed by atoms with van der Waals surface area (Å²) < 4.78 is 11.2. The third kappa shape index (κ3) is 6.39. The Hall–Kier alpha value is -1.80. The molecule has 148 valence electrons. The zero-order chi connectivity index (χ0) is 18.9. The summed E-state index contributed by atoms with van der Waals surface area (Å²) >= 11 is 1.34. The number of carbonyl (C=O) groups excluding carboxylic acids is 2. The molecule has 0 aromatic carbocycles.